The maximum Gasteiger partial charge on any atom is 0.167 e. The van der Waals surface area contributed by atoms with E-state index in [1.54, 1.807) is 18.5 Å². The summed E-state index contributed by atoms with van der Waals surface area (Å²) < 4.78 is 5.44. The van der Waals surface area contributed by atoms with Crippen LogP contribution in [-0.2, 0) is 6.42 Å². The highest BCUT2D eigenvalue weighted by atomic mass is 16.5. The Bertz CT molecular complexity index is 965. The Hall–Kier alpha value is -3.05. The normalized spacial score (nSPS) is 12.4. The van der Waals surface area contributed by atoms with Crippen molar-refractivity contribution >= 4 is 11.0 Å². The number of aromatic nitrogens is 3. The SMILES string of the molecule is N[C@@H](Cc1ncccn1)c1ccccc1-c1noc2ccccc12. The van der Waals surface area contributed by atoms with Gasteiger partial charge in [-0.25, -0.2) is 9.97 Å². The number of nitrogens with zero attached hydrogens (tertiary/aromatic N) is 3. The molecule has 24 heavy (non-hydrogen) atoms. The quantitative estimate of drug-likeness (QED) is 0.623. The average molecular weight is 316 g/mol. The number of hydrogen-bond donors (Lipinski definition) is 1. The molecule has 2 N–H and O–H groups in total. The fourth-order valence-corrected chi connectivity index (χ4v) is 2.86. The number of fused-ring (bicyclic) bond motifs is 1. The summed E-state index contributed by atoms with van der Waals surface area (Å²) in [5.74, 6) is 0.727. The van der Waals surface area contributed by atoms with Gasteiger partial charge >= 0.3 is 0 Å². The second kappa shape index (κ2) is 6.22. The average Bonchev–Trinajstić information content (AvgIpc) is 3.06. The molecule has 0 fully saturated rings. The minimum atomic E-state index is -0.223. The molecule has 2 heterocycles. The molecule has 0 radical (unpaired) electrons. The van der Waals surface area contributed by atoms with E-state index in [1.165, 1.54) is 0 Å². The molecule has 4 aromatic rings. The van der Waals surface area contributed by atoms with Crippen LogP contribution in [0.3, 0.4) is 0 Å². The largest absolute Gasteiger partial charge is 0.356 e. The topological polar surface area (TPSA) is 77.8 Å². The van der Waals surface area contributed by atoms with Gasteiger partial charge in [0, 0.05) is 35.8 Å². The third-order valence-corrected chi connectivity index (χ3v) is 4.01. The molecule has 2 aromatic heterocycles. The van der Waals surface area contributed by atoms with Crippen LogP contribution in [0.1, 0.15) is 17.4 Å². The summed E-state index contributed by atoms with van der Waals surface area (Å²) in [6.07, 6.45) is 4.02. The highest BCUT2D eigenvalue weighted by Crippen LogP contribution is 2.32. The molecule has 2 aromatic carbocycles. The van der Waals surface area contributed by atoms with Crippen LogP contribution in [0.2, 0.25) is 0 Å². The van der Waals surface area contributed by atoms with Gasteiger partial charge in [0.1, 0.15) is 11.5 Å². The number of hydrogen-bond acceptors (Lipinski definition) is 5. The zero-order chi connectivity index (χ0) is 16.4. The van der Waals surface area contributed by atoms with Gasteiger partial charge in [-0.15, -0.1) is 0 Å². The van der Waals surface area contributed by atoms with Crippen molar-refractivity contribution in [2.24, 2.45) is 5.73 Å². The smallest absolute Gasteiger partial charge is 0.167 e. The molecular formula is C19H16N4O. The maximum absolute atomic E-state index is 6.44. The minimum absolute atomic E-state index is 0.223. The maximum atomic E-state index is 6.44. The first-order chi connectivity index (χ1) is 11.8. The molecule has 0 aliphatic heterocycles. The molecule has 0 aliphatic rings. The van der Waals surface area contributed by atoms with E-state index in [4.69, 9.17) is 10.3 Å². The fraction of sp³-hybridized carbons (Fsp3) is 0.105. The predicted octanol–water partition coefficient (Wildman–Crippen LogP) is 3.53. The second-order valence-electron chi connectivity index (χ2n) is 5.59. The lowest BCUT2D eigenvalue weighted by Crippen LogP contribution is -2.16. The van der Waals surface area contributed by atoms with Crippen LogP contribution in [-0.4, -0.2) is 15.1 Å². The van der Waals surface area contributed by atoms with E-state index in [2.05, 4.69) is 15.1 Å². The minimum Gasteiger partial charge on any atom is -0.356 e. The van der Waals surface area contributed by atoms with E-state index in [0.29, 0.717) is 6.42 Å². The van der Waals surface area contributed by atoms with Gasteiger partial charge in [-0.05, 0) is 23.8 Å². The third kappa shape index (κ3) is 2.66. The van der Waals surface area contributed by atoms with Gasteiger partial charge in [0.25, 0.3) is 0 Å². The van der Waals surface area contributed by atoms with Crippen molar-refractivity contribution in [3.63, 3.8) is 0 Å². The highest BCUT2D eigenvalue weighted by molar-refractivity contribution is 5.92. The van der Waals surface area contributed by atoms with Crippen LogP contribution >= 0.6 is 0 Å². The Labute approximate surface area is 139 Å². The molecule has 5 nitrogen and oxygen atoms in total. The first-order valence-corrected chi connectivity index (χ1v) is 7.78. The predicted molar refractivity (Wildman–Crippen MR) is 92.1 cm³/mol. The number of para-hydroxylation sites is 1. The van der Waals surface area contributed by atoms with E-state index in [-0.39, 0.29) is 6.04 Å². The molecule has 0 spiro atoms. The van der Waals surface area contributed by atoms with Crippen molar-refractivity contribution in [2.75, 3.05) is 0 Å². The van der Waals surface area contributed by atoms with E-state index >= 15 is 0 Å². The Morgan fingerprint density at radius 1 is 0.917 bits per heavy atom. The van der Waals surface area contributed by atoms with Crippen molar-refractivity contribution in [3.05, 3.63) is 78.4 Å². The monoisotopic (exact) mass is 316 g/mol. The van der Waals surface area contributed by atoms with Crippen molar-refractivity contribution in [1.29, 1.82) is 0 Å². The number of benzene rings is 2. The lowest BCUT2D eigenvalue weighted by molar-refractivity contribution is 0.459. The summed E-state index contributed by atoms with van der Waals surface area (Å²) in [5.41, 5.74) is 10.00. The van der Waals surface area contributed by atoms with Crippen molar-refractivity contribution in [1.82, 2.24) is 15.1 Å². The number of rotatable bonds is 4. The summed E-state index contributed by atoms with van der Waals surface area (Å²) >= 11 is 0. The Morgan fingerprint density at radius 2 is 1.67 bits per heavy atom. The zero-order valence-corrected chi connectivity index (χ0v) is 13.0. The van der Waals surface area contributed by atoms with Gasteiger partial charge in [-0.3, -0.25) is 0 Å². The Balaban J connectivity index is 1.75. The van der Waals surface area contributed by atoms with E-state index in [1.807, 2.05) is 48.5 Å². The van der Waals surface area contributed by atoms with Crippen LogP contribution < -0.4 is 5.73 Å². The molecule has 0 aliphatic carbocycles. The number of nitrogens with two attached hydrogens (primary N) is 1. The molecule has 0 saturated heterocycles. The lowest BCUT2D eigenvalue weighted by Gasteiger charge is -2.14. The van der Waals surface area contributed by atoms with E-state index in [9.17, 15) is 0 Å². The fourth-order valence-electron chi connectivity index (χ4n) is 2.86. The lowest BCUT2D eigenvalue weighted by atomic mass is 9.95. The summed E-state index contributed by atoms with van der Waals surface area (Å²) in [6, 6.07) is 17.4. The van der Waals surface area contributed by atoms with Crippen LogP contribution in [0.4, 0.5) is 0 Å². The zero-order valence-electron chi connectivity index (χ0n) is 13.0. The molecule has 0 unspecified atom stereocenters. The summed E-state index contributed by atoms with van der Waals surface area (Å²) in [5, 5.41) is 5.23. The molecule has 1 atom stereocenters. The van der Waals surface area contributed by atoms with Gasteiger partial charge in [-0.2, -0.15) is 0 Å². The van der Waals surface area contributed by atoms with Crippen molar-refractivity contribution < 1.29 is 4.52 Å². The van der Waals surface area contributed by atoms with E-state index < -0.39 is 0 Å². The van der Waals surface area contributed by atoms with Gasteiger partial charge in [0.15, 0.2) is 5.58 Å². The molecule has 0 amide bonds. The Morgan fingerprint density at radius 3 is 2.54 bits per heavy atom. The first kappa shape index (κ1) is 14.5. The van der Waals surface area contributed by atoms with Gasteiger partial charge in [-0.1, -0.05) is 41.6 Å². The van der Waals surface area contributed by atoms with Crippen LogP contribution in [0, 0.1) is 0 Å². The molecular weight excluding hydrogens is 300 g/mol. The summed E-state index contributed by atoms with van der Waals surface area (Å²) in [6.45, 7) is 0. The molecule has 0 saturated carbocycles. The van der Waals surface area contributed by atoms with Gasteiger partial charge < -0.3 is 10.3 Å². The molecule has 0 bridgehead atoms. The summed E-state index contributed by atoms with van der Waals surface area (Å²) in [7, 11) is 0. The van der Waals surface area contributed by atoms with Crippen LogP contribution in [0.15, 0.2) is 71.5 Å². The highest BCUT2D eigenvalue weighted by Gasteiger charge is 2.18. The first-order valence-electron chi connectivity index (χ1n) is 7.78. The standard InChI is InChI=1S/C19H16N4O/c20-16(12-18-21-10-5-11-22-18)13-6-1-2-7-14(13)19-15-8-3-4-9-17(15)24-23-19/h1-11,16H,12,20H2/t16-/m0/s1. The second-order valence-corrected chi connectivity index (χ2v) is 5.59. The van der Waals surface area contributed by atoms with Crippen molar-refractivity contribution in [3.8, 4) is 11.3 Å². The molecule has 118 valence electrons. The Kier molecular flexibility index (Phi) is 3.76. The molecule has 4 rings (SSSR count). The molecule has 5 heteroatoms. The van der Waals surface area contributed by atoms with Crippen LogP contribution in [0.5, 0.6) is 0 Å². The summed E-state index contributed by atoms with van der Waals surface area (Å²) in [4.78, 5) is 8.52. The van der Waals surface area contributed by atoms with Crippen molar-refractivity contribution in [2.45, 2.75) is 12.5 Å². The third-order valence-electron chi connectivity index (χ3n) is 4.01. The van der Waals surface area contributed by atoms with Gasteiger partial charge in [0.2, 0.25) is 0 Å². The van der Waals surface area contributed by atoms with E-state index in [0.717, 1.165) is 33.6 Å². The van der Waals surface area contributed by atoms with Gasteiger partial charge in [0.05, 0.1) is 0 Å². The van der Waals surface area contributed by atoms with Crippen LogP contribution in [0.25, 0.3) is 22.2 Å².